The Hall–Kier alpha value is -2.96. The van der Waals surface area contributed by atoms with Gasteiger partial charge in [-0.3, -0.25) is 9.78 Å². The molecule has 4 rings (SSSR count). The van der Waals surface area contributed by atoms with Crippen molar-refractivity contribution in [2.45, 2.75) is 12.6 Å². The van der Waals surface area contributed by atoms with Crippen LogP contribution in [0.25, 0.3) is 0 Å². The van der Waals surface area contributed by atoms with E-state index in [-0.39, 0.29) is 29.3 Å². The number of pyridine rings is 1. The molecule has 0 N–H and O–H groups in total. The van der Waals surface area contributed by atoms with Crippen molar-refractivity contribution in [3.8, 4) is 11.5 Å². The zero-order valence-corrected chi connectivity index (χ0v) is 16.2. The van der Waals surface area contributed by atoms with Gasteiger partial charge in [-0.2, -0.15) is 0 Å². The Kier molecular flexibility index (Phi) is 5.74. The van der Waals surface area contributed by atoms with E-state index in [0.717, 1.165) is 5.56 Å². The summed E-state index contributed by atoms with van der Waals surface area (Å²) in [6, 6.07) is 15.0. The number of aromatic nitrogens is 1. The van der Waals surface area contributed by atoms with Gasteiger partial charge in [0.15, 0.2) is 0 Å². The molecule has 7 heteroatoms. The van der Waals surface area contributed by atoms with Gasteiger partial charge in [0, 0.05) is 35.6 Å². The smallest absolute Gasteiger partial charge is 0.249 e. The normalized spacial score (nSPS) is 16.7. The number of carbonyl (C=O) groups is 1. The molecule has 0 bridgehead atoms. The Morgan fingerprint density at radius 3 is 2.83 bits per heavy atom. The molecular formula is C22H18ClFN2O3. The fraction of sp³-hybridized carbons (Fsp3) is 0.182. The van der Waals surface area contributed by atoms with Crippen LogP contribution >= 0.6 is 11.6 Å². The topological polar surface area (TPSA) is 51.7 Å². The van der Waals surface area contributed by atoms with Crippen LogP contribution in [-0.2, 0) is 16.1 Å². The molecule has 2 heterocycles. The quantitative estimate of drug-likeness (QED) is 0.606. The lowest BCUT2D eigenvalue weighted by Crippen LogP contribution is -2.43. The number of ether oxygens (including phenoxy) is 2. The standard InChI is InChI=1S/C22H18ClFN2O3/c23-16-8-17(24)10-18(9-16)29-21-6-7-25-11-19(21)20-13-28-14-22(27)26(20)12-15-4-2-1-3-5-15/h1-11,20H,12-14H2. The predicted molar refractivity (Wildman–Crippen MR) is 106 cm³/mol. The molecule has 1 saturated heterocycles. The van der Waals surface area contributed by atoms with Crippen LogP contribution in [-0.4, -0.2) is 29.0 Å². The number of rotatable bonds is 5. The first-order valence-corrected chi connectivity index (χ1v) is 9.47. The fourth-order valence-electron chi connectivity index (χ4n) is 3.29. The van der Waals surface area contributed by atoms with Crippen molar-refractivity contribution in [2.75, 3.05) is 13.2 Å². The molecule has 1 unspecified atom stereocenters. The van der Waals surface area contributed by atoms with Crippen molar-refractivity contribution >= 4 is 17.5 Å². The minimum atomic E-state index is -0.495. The first-order chi connectivity index (χ1) is 14.1. The lowest BCUT2D eigenvalue weighted by atomic mass is 10.0. The molecule has 1 aliphatic rings. The van der Waals surface area contributed by atoms with Crippen molar-refractivity contribution in [1.82, 2.24) is 9.88 Å². The largest absolute Gasteiger partial charge is 0.457 e. The molecule has 5 nitrogen and oxygen atoms in total. The molecule has 148 valence electrons. The molecule has 2 aromatic carbocycles. The molecule has 1 fully saturated rings. The van der Waals surface area contributed by atoms with E-state index in [1.54, 1.807) is 23.4 Å². The Bertz CT molecular complexity index is 996. The average Bonchev–Trinajstić information content (AvgIpc) is 2.70. The van der Waals surface area contributed by atoms with Gasteiger partial charge in [-0.25, -0.2) is 4.39 Å². The number of hydrogen-bond donors (Lipinski definition) is 0. The highest BCUT2D eigenvalue weighted by Crippen LogP contribution is 2.35. The molecule has 0 radical (unpaired) electrons. The van der Waals surface area contributed by atoms with Gasteiger partial charge >= 0.3 is 0 Å². The third kappa shape index (κ3) is 4.55. The Morgan fingerprint density at radius 2 is 2.03 bits per heavy atom. The van der Waals surface area contributed by atoms with Crippen LogP contribution in [0.3, 0.4) is 0 Å². The molecule has 1 amide bonds. The summed E-state index contributed by atoms with van der Waals surface area (Å²) >= 11 is 5.93. The monoisotopic (exact) mass is 412 g/mol. The number of benzene rings is 2. The molecular weight excluding hydrogens is 395 g/mol. The molecule has 0 saturated carbocycles. The molecule has 0 spiro atoms. The maximum atomic E-state index is 13.7. The average molecular weight is 413 g/mol. The van der Waals surface area contributed by atoms with E-state index in [1.807, 2.05) is 30.3 Å². The maximum Gasteiger partial charge on any atom is 0.249 e. The van der Waals surface area contributed by atoms with Crippen LogP contribution < -0.4 is 4.74 Å². The van der Waals surface area contributed by atoms with Crippen LogP contribution in [0.15, 0.2) is 67.0 Å². The minimum Gasteiger partial charge on any atom is -0.457 e. The van der Waals surface area contributed by atoms with Crippen molar-refractivity contribution in [1.29, 1.82) is 0 Å². The second-order valence-electron chi connectivity index (χ2n) is 6.66. The zero-order chi connectivity index (χ0) is 20.2. The Labute approximate surface area is 172 Å². The molecule has 29 heavy (non-hydrogen) atoms. The van der Waals surface area contributed by atoms with E-state index in [0.29, 0.717) is 24.5 Å². The third-order valence-electron chi connectivity index (χ3n) is 4.63. The molecule has 1 aromatic heterocycles. The van der Waals surface area contributed by atoms with E-state index in [9.17, 15) is 9.18 Å². The summed E-state index contributed by atoms with van der Waals surface area (Å²) in [6.45, 7) is 0.775. The summed E-state index contributed by atoms with van der Waals surface area (Å²) in [5, 5.41) is 0.234. The summed E-state index contributed by atoms with van der Waals surface area (Å²) in [5.41, 5.74) is 1.69. The van der Waals surface area contributed by atoms with Crippen LogP contribution in [0, 0.1) is 5.82 Å². The summed E-state index contributed by atoms with van der Waals surface area (Å²) in [5.74, 6) is 0.113. The second-order valence-corrected chi connectivity index (χ2v) is 7.10. The van der Waals surface area contributed by atoms with Gasteiger partial charge in [0.25, 0.3) is 0 Å². The van der Waals surface area contributed by atoms with E-state index >= 15 is 0 Å². The van der Waals surface area contributed by atoms with Crippen molar-refractivity contribution < 1.29 is 18.7 Å². The van der Waals surface area contributed by atoms with Gasteiger partial charge in [0.2, 0.25) is 5.91 Å². The van der Waals surface area contributed by atoms with Gasteiger partial charge < -0.3 is 14.4 Å². The lowest BCUT2D eigenvalue weighted by molar-refractivity contribution is -0.149. The molecule has 1 aliphatic heterocycles. The highest BCUT2D eigenvalue weighted by atomic mass is 35.5. The van der Waals surface area contributed by atoms with Crippen LogP contribution in [0.1, 0.15) is 17.2 Å². The first kappa shape index (κ1) is 19.4. The van der Waals surface area contributed by atoms with E-state index < -0.39 is 5.82 Å². The second kappa shape index (κ2) is 8.59. The molecule has 0 aliphatic carbocycles. The predicted octanol–water partition coefficient (Wildman–Crippen LogP) is 4.77. The van der Waals surface area contributed by atoms with E-state index in [4.69, 9.17) is 21.1 Å². The summed E-state index contributed by atoms with van der Waals surface area (Å²) in [6.07, 6.45) is 3.22. The van der Waals surface area contributed by atoms with Gasteiger partial charge in [-0.05, 0) is 23.8 Å². The van der Waals surface area contributed by atoms with Crippen LogP contribution in [0.5, 0.6) is 11.5 Å². The molecule has 3 aromatic rings. The van der Waals surface area contributed by atoms with Crippen molar-refractivity contribution in [2.24, 2.45) is 0 Å². The number of nitrogens with zero attached hydrogens (tertiary/aromatic N) is 2. The van der Waals surface area contributed by atoms with E-state index in [1.165, 1.54) is 18.2 Å². The van der Waals surface area contributed by atoms with Crippen LogP contribution in [0.4, 0.5) is 4.39 Å². The van der Waals surface area contributed by atoms with Crippen LogP contribution in [0.2, 0.25) is 5.02 Å². The highest BCUT2D eigenvalue weighted by molar-refractivity contribution is 6.30. The zero-order valence-electron chi connectivity index (χ0n) is 15.4. The van der Waals surface area contributed by atoms with Gasteiger partial charge in [-0.15, -0.1) is 0 Å². The SMILES string of the molecule is O=C1COCC(c2cnccc2Oc2cc(F)cc(Cl)c2)N1Cc1ccccc1. The first-order valence-electron chi connectivity index (χ1n) is 9.09. The van der Waals surface area contributed by atoms with Gasteiger partial charge in [-0.1, -0.05) is 41.9 Å². The number of halogens is 2. The Morgan fingerprint density at radius 1 is 1.21 bits per heavy atom. The Balaban J connectivity index is 1.66. The third-order valence-corrected chi connectivity index (χ3v) is 4.84. The number of amides is 1. The van der Waals surface area contributed by atoms with Gasteiger partial charge in [0.05, 0.1) is 12.6 Å². The van der Waals surface area contributed by atoms with Crippen molar-refractivity contribution in [3.63, 3.8) is 0 Å². The fourth-order valence-corrected chi connectivity index (χ4v) is 3.50. The summed E-state index contributed by atoms with van der Waals surface area (Å²) < 4.78 is 25.1. The lowest BCUT2D eigenvalue weighted by Gasteiger charge is -2.36. The molecule has 1 atom stereocenters. The van der Waals surface area contributed by atoms with Gasteiger partial charge in [0.1, 0.15) is 23.9 Å². The minimum absolute atomic E-state index is 0.0271. The number of morpholine rings is 1. The number of carbonyl (C=O) groups excluding carboxylic acids is 1. The summed E-state index contributed by atoms with van der Waals surface area (Å²) in [4.78, 5) is 18.6. The highest BCUT2D eigenvalue weighted by Gasteiger charge is 2.32. The van der Waals surface area contributed by atoms with E-state index in [2.05, 4.69) is 4.98 Å². The van der Waals surface area contributed by atoms with Crippen molar-refractivity contribution in [3.05, 3.63) is 89.0 Å². The number of hydrogen-bond acceptors (Lipinski definition) is 4. The maximum absolute atomic E-state index is 13.7. The summed E-state index contributed by atoms with van der Waals surface area (Å²) in [7, 11) is 0.